The van der Waals surface area contributed by atoms with Gasteiger partial charge in [-0.1, -0.05) is 0 Å². The summed E-state index contributed by atoms with van der Waals surface area (Å²) < 4.78 is 14.8. The summed E-state index contributed by atoms with van der Waals surface area (Å²) in [6, 6.07) is 0. The molecular formula is C11H17N2O2+. The van der Waals surface area contributed by atoms with Crippen LogP contribution in [-0.4, -0.2) is 30.0 Å². The van der Waals surface area contributed by atoms with Gasteiger partial charge in [0.2, 0.25) is 6.33 Å². The molecule has 3 heterocycles. The Balaban J connectivity index is 1.45. The van der Waals surface area contributed by atoms with Crippen molar-refractivity contribution in [2.45, 2.75) is 38.1 Å². The van der Waals surface area contributed by atoms with Crippen LogP contribution < -0.4 is 4.57 Å². The van der Waals surface area contributed by atoms with Crippen LogP contribution in [-0.2, 0) is 22.6 Å². The van der Waals surface area contributed by atoms with E-state index in [0.717, 1.165) is 39.1 Å². The van der Waals surface area contributed by atoms with Crippen molar-refractivity contribution in [3.63, 3.8) is 0 Å². The number of imidazole rings is 1. The first kappa shape index (κ1) is 9.36. The standard InChI is InChI=1S/C11H17N2O2/c1(10-7-14-10)3-12-5-6-13(9-12)4-2-11-8-15-11/h5-6,9-11H,1-4,7-8H2/q+1. The summed E-state index contributed by atoms with van der Waals surface area (Å²) in [5.74, 6) is 0. The van der Waals surface area contributed by atoms with Crippen LogP contribution in [0.15, 0.2) is 18.7 Å². The van der Waals surface area contributed by atoms with Crippen molar-refractivity contribution < 1.29 is 14.0 Å². The molecule has 0 aliphatic carbocycles. The van der Waals surface area contributed by atoms with Crippen molar-refractivity contribution in [2.75, 3.05) is 13.2 Å². The van der Waals surface area contributed by atoms with Gasteiger partial charge in [-0.05, 0) is 0 Å². The van der Waals surface area contributed by atoms with E-state index in [-0.39, 0.29) is 0 Å². The number of nitrogens with zero attached hydrogens (tertiary/aromatic N) is 2. The molecule has 2 unspecified atom stereocenters. The van der Waals surface area contributed by atoms with Gasteiger partial charge in [0.15, 0.2) is 0 Å². The molecule has 2 atom stereocenters. The second kappa shape index (κ2) is 3.94. The van der Waals surface area contributed by atoms with Gasteiger partial charge in [-0.25, -0.2) is 9.13 Å². The van der Waals surface area contributed by atoms with Crippen LogP contribution in [0.25, 0.3) is 0 Å². The summed E-state index contributed by atoms with van der Waals surface area (Å²) in [7, 11) is 0. The van der Waals surface area contributed by atoms with Gasteiger partial charge in [0.05, 0.1) is 38.5 Å². The van der Waals surface area contributed by atoms with Crippen LogP contribution in [0, 0.1) is 0 Å². The Labute approximate surface area is 89.4 Å². The third-order valence-electron chi connectivity index (χ3n) is 2.97. The lowest BCUT2D eigenvalue weighted by Crippen LogP contribution is -2.31. The zero-order valence-electron chi connectivity index (χ0n) is 8.84. The van der Waals surface area contributed by atoms with Crippen molar-refractivity contribution in [3.05, 3.63) is 18.7 Å². The smallest absolute Gasteiger partial charge is 0.243 e. The molecular weight excluding hydrogens is 192 g/mol. The zero-order chi connectivity index (χ0) is 10.1. The molecule has 1 aromatic rings. The fourth-order valence-corrected chi connectivity index (χ4v) is 1.76. The summed E-state index contributed by atoms with van der Waals surface area (Å²) in [6.45, 7) is 4.05. The highest BCUT2D eigenvalue weighted by molar-refractivity contribution is 4.73. The summed E-state index contributed by atoms with van der Waals surface area (Å²) >= 11 is 0. The summed E-state index contributed by atoms with van der Waals surface area (Å²) in [5, 5.41) is 0. The van der Waals surface area contributed by atoms with E-state index in [9.17, 15) is 0 Å². The van der Waals surface area contributed by atoms with E-state index in [4.69, 9.17) is 9.47 Å². The van der Waals surface area contributed by atoms with Crippen LogP contribution in [0.4, 0.5) is 0 Å². The lowest BCUT2D eigenvalue weighted by molar-refractivity contribution is -0.697. The highest BCUT2D eigenvalue weighted by Gasteiger charge is 2.24. The number of epoxide rings is 2. The summed E-state index contributed by atoms with van der Waals surface area (Å²) in [5.41, 5.74) is 0. The third kappa shape index (κ3) is 2.79. The molecule has 2 saturated heterocycles. The van der Waals surface area contributed by atoms with Gasteiger partial charge < -0.3 is 9.47 Å². The average Bonchev–Trinajstić information content (AvgIpc) is 3.14. The molecule has 0 radical (unpaired) electrons. The normalized spacial score (nSPS) is 28.0. The van der Waals surface area contributed by atoms with Crippen molar-refractivity contribution >= 4 is 0 Å². The van der Waals surface area contributed by atoms with E-state index in [1.54, 1.807) is 0 Å². The number of hydrogen-bond acceptors (Lipinski definition) is 2. The molecule has 2 fully saturated rings. The second-order valence-corrected chi connectivity index (χ2v) is 4.38. The van der Waals surface area contributed by atoms with E-state index in [1.807, 2.05) is 0 Å². The first-order chi connectivity index (χ1) is 7.40. The van der Waals surface area contributed by atoms with E-state index in [1.165, 1.54) is 0 Å². The van der Waals surface area contributed by atoms with Gasteiger partial charge in [0.1, 0.15) is 12.4 Å². The molecule has 0 saturated carbocycles. The summed E-state index contributed by atoms with van der Waals surface area (Å²) in [4.78, 5) is 0. The fourth-order valence-electron chi connectivity index (χ4n) is 1.76. The van der Waals surface area contributed by atoms with Crippen molar-refractivity contribution in [3.8, 4) is 0 Å². The Bertz CT molecular complexity index is 299. The fraction of sp³-hybridized carbons (Fsp3) is 0.727. The predicted molar refractivity (Wildman–Crippen MR) is 53.3 cm³/mol. The Morgan fingerprint density at radius 2 is 1.93 bits per heavy atom. The largest absolute Gasteiger partial charge is 0.373 e. The highest BCUT2D eigenvalue weighted by Crippen LogP contribution is 2.14. The monoisotopic (exact) mass is 209 g/mol. The van der Waals surface area contributed by atoms with Gasteiger partial charge >= 0.3 is 0 Å². The lowest BCUT2D eigenvalue weighted by atomic mass is 10.3. The Morgan fingerprint density at radius 1 is 1.20 bits per heavy atom. The van der Waals surface area contributed by atoms with Gasteiger partial charge in [-0.3, -0.25) is 0 Å². The first-order valence-electron chi connectivity index (χ1n) is 5.68. The van der Waals surface area contributed by atoms with E-state index in [2.05, 4.69) is 27.9 Å². The number of rotatable bonds is 6. The van der Waals surface area contributed by atoms with E-state index >= 15 is 0 Å². The molecule has 0 aromatic carbocycles. The van der Waals surface area contributed by atoms with Crippen LogP contribution in [0.5, 0.6) is 0 Å². The van der Waals surface area contributed by atoms with Gasteiger partial charge in [-0.15, -0.1) is 0 Å². The van der Waals surface area contributed by atoms with E-state index in [0.29, 0.717) is 12.2 Å². The molecule has 1 aromatic heterocycles. The number of aryl methyl sites for hydroxylation is 2. The van der Waals surface area contributed by atoms with Crippen molar-refractivity contribution in [2.24, 2.45) is 0 Å². The lowest BCUT2D eigenvalue weighted by Gasteiger charge is -1.93. The molecule has 4 nitrogen and oxygen atoms in total. The minimum Gasteiger partial charge on any atom is -0.373 e. The van der Waals surface area contributed by atoms with Crippen LogP contribution >= 0.6 is 0 Å². The molecule has 0 bridgehead atoms. The number of aromatic nitrogens is 2. The maximum absolute atomic E-state index is 5.19. The van der Waals surface area contributed by atoms with Crippen molar-refractivity contribution in [1.29, 1.82) is 0 Å². The maximum Gasteiger partial charge on any atom is 0.243 e. The number of hydrogen-bond donors (Lipinski definition) is 0. The van der Waals surface area contributed by atoms with Crippen molar-refractivity contribution in [1.82, 2.24) is 4.57 Å². The first-order valence-corrected chi connectivity index (χ1v) is 5.68. The maximum atomic E-state index is 5.19. The minimum absolute atomic E-state index is 0.528. The molecule has 0 spiro atoms. The minimum atomic E-state index is 0.528. The Morgan fingerprint density at radius 3 is 2.67 bits per heavy atom. The molecule has 0 N–H and O–H groups in total. The van der Waals surface area contributed by atoms with E-state index < -0.39 is 0 Å². The quantitative estimate of drug-likeness (QED) is 0.500. The topological polar surface area (TPSA) is 33.9 Å². The van der Waals surface area contributed by atoms with Crippen LogP contribution in [0.3, 0.4) is 0 Å². The SMILES string of the molecule is c1c[n+](CCC2CO2)cn1CCC1CO1. The molecule has 4 heteroatoms. The number of ether oxygens (including phenoxy) is 2. The van der Waals surface area contributed by atoms with Crippen LogP contribution in [0.2, 0.25) is 0 Å². The molecule has 82 valence electrons. The molecule has 0 amide bonds. The summed E-state index contributed by atoms with van der Waals surface area (Å²) in [6.07, 6.45) is 9.78. The average molecular weight is 209 g/mol. The Hall–Kier alpha value is -0.870. The second-order valence-electron chi connectivity index (χ2n) is 4.38. The van der Waals surface area contributed by atoms with Gasteiger partial charge in [-0.2, -0.15) is 0 Å². The molecule has 2 aliphatic rings. The molecule has 2 aliphatic heterocycles. The van der Waals surface area contributed by atoms with Gasteiger partial charge in [0, 0.05) is 12.8 Å². The Kier molecular flexibility index (Phi) is 2.46. The van der Waals surface area contributed by atoms with Gasteiger partial charge in [0.25, 0.3) is 0 Å². The predicted octanol–water partition coefficient (Wildman–Crippen LogP) is 0.353. The molecule has 3 rings (SSSR count). The highest BCUT2D eigenvalue weighted by atomic mass is 16.6. The van der Waals surface area contributed by atoms with Crippen LogP contribution in [0.1, 0.15) is 12.8 Å². The zero-order valence-corrected chi connectivity index (χ0v) is 8.84. The third-order valence-corrected chi connectivity index (χ3v) is 2.97. The molecule has 15 heavy (non-hydrogen) atoms.